The van der Waals surface area contributed by atoms with E-state index in [1.165, 1.54) is 11.3 Å². The first-order chi connectivity index (χ1) is 7.49. The average Bonchev–Trinajstić information content (AvgIpc) is 2.64. The molecule has 86 valence electrons. The molecule has 0 atom stereocenters. The van der Waals surface area contributed by atoms with Gasteiger partial charge in [0.15, 0.2) is 0 Å². The van der Waals surface area contributed by atoms with E-state index >= 15 is 0 Å². The summed E-state index contributed by atoms with van der Waals surface area (Å²) in [7, 11) is 0. The molecule has 0 bridgehead atoms. The van der Waals surface area contributed by atoms with E-state index in [2.05, 4.69) is 21.0 Å². The van der Waals surface area contributed by atoms with Gasteiger partial charge in [-0.2, -0.15) is 5.10 Å². The largest absolute Gasteiger partial charge is 0.383 e. The van der Waals surface area contributed by atoms with E-state index in [-0.39, 0.29) is 0 Å². The number of hydrogen-bond acceptors (Lipinski definition) is 3. The molecule has 2 aromatic rings. The Kier molecular flexibility index (Phi) is 3.49. The molecule has 0 radical (unpaired) electrons. The summed E-state index contributed by atoms with van der Waals surface area (Å²) in [4.78, 5) is 1.07. The third-order valence-electron chi connectivity index (χ3n) is 2.09. The highest BCUT2D eigenvalue weighted by atomic mass is 79.9. The summed E-state index contributed by atoms with van der Waals surface area (Å²) in [6, 6.07) is 1.96. The molecule has 0 aliphatic heterocycles. The number of aromatic nitrogens is 2. The summed E-state index contributed by atoms with van der Waals surface area (Å²) in [5.74, 6) is 0.486. The molecular formula is C9H8BrCl2N3S. The Labute approximate surface area is 115 Å². The second-order valence-corrected chi connectivity index (χ2v) is 6.25. The fourth-order valence-corrected chi connectivity index (χ4v) is 3.22. The van der Waals surface area contributed by atoms with Crippen molar-refractivity contribution in [1.82, 2.24) is 9.78 Å². The van der Waals surface area contributed by atoms with Crippen molar-refractivity contribution in [2.45, 2.75) is 13.5 Å². The Hall–Kier alpha value is -0.230. The van der Waals surface area contributed by atoms with Crippen molar-refractivity contribution in [2.75, 3.05) is 5.73 Å². The van der Waals surface area contributed by atoms with Crippen molar-refractivity contribution in [2.24, 2.45) is 0 Å². The fraction of sp³-hybridized carbons (Fsp3) is 0.222. The van der Waals surface area contributed by atoms with Gasteiger partial charge in [0, 0.05) is 9.35 Å². The number of anilines is 1. The standard InChI is InChI=1S/C9H8BrCl2N3S/c1-4-7(11)9(13)15(14-4)3-5-2-6(10)8(12)16-5/h2H,3,13H2,1H3. The van der Waals surface area contributed by atoms with Crippen LogP contribution in [0.15, 0.2) is 10.5 Å². The summed E-state index contributed by atoms with van der Waals surface area (Å²) < 4.78 is 3.29. The molecule has 2 rings (SSSR count). The topological polar surface area (TPSA) is 43.8 Å². The van der Waals surface area contributed by atoms with E-state index < -0.39 is 0 Å². The molecule has 0 spiro atoms. The fourth-order valence-electron chi connectivity index (χ4n) is 1.31. The maximum absolute atomic E-state index is 5.96. The van der Waals surface area contributed by atoms with Gasteiger partial charge in [-0.3, -0.25) is 0 Å². The normalized spacial score (nSPS) is 11.0. The molecule has 0 amide bonds. The molecular weight excluding hydrogens is 333 g/mol. The van der Waals surface area contributed by atoms with Crippen LogP contribution in [-0.4, -0.2) is 9.78 Å². The van der Waals surface area contributed by atoms with Crippen molar-refractivity contribution < 1.29 is 0 Å². The number of halogens is 3. The lowest BCUT2D eigenvalue weighted by Crippen LogP contribution is -2.04. The maximum atomic E-state index is 5.96. The van der Waals surface area contributed by atoms with E-state index in [1.54, 1.807) is 4.68 Å². The van der Waals surface area contributed by atoms with Crippen LogP contribution < -0.4 is 5.73 Å². The van der Waals surface area contributed by atoms with E-state index in [0.717, 1.165) is 19.4 Å². The summed E-state index contributed by atoms with van der Waals surface area (Å²) in [6.45, 7) is 2.40. The molecule has 0 aliphatic rings. The number of nitrogen functional groups attached to an aromatic ring is 1. The third-order valence-corrected chi connectivity index (χ3v) is 5.02. The molecule has 7 heteroatoms. The van der Waals surface area contributed by atoms with Gasteiger partial charge in [0.05, 0.1) is 12.2 Å². The number of hydrogen-bond donors (Lipinski definition) is 1. The van der Waals surface area contributed by atoms with E-state index in [1.807, 2.05) is 13.0 Å². The first-order valence-corrected chi connectivity index (χ1v) is 6.77. The van der Waals surface area contributed by atoms with Gasteiger partial charge in [0.1, 0.15) is 15.2 Å². The minimum atomic E-state index is 0.486. The monoisotopic (exact) mass is 339 g/mol. The second kappa shape index (κ2) is 4.56. The first kappa shape index (κ1) is 12.2. The van der Waals surface area contributed by atoms with Crippen LogP contribution in [0.3, 0.4) is 0 Å². The zero-order valence-corrected chi connectivity index (χ0v) is 12.2. The van der Waals surface area contributed by atoms with E-state index in [4.69, 9.17) is 28.9 Å². The predicted octanol–water partition coefficient (Wildman–Crippen LogP) is 3.95. The quantitative estimate of drug-likeness (QED) is 0.899. The summed E-state index contributed by atoms with van der Waals surface area (Å²) in [5, 5.41) is 4.77. The highest BCUT2D eigenvalue weighted by Gasteiger charge is 2.12. The maximum Gasteiger partial charge on any atom is 0.141 e. The van der Waals surface area contributed by atoms with Gasteiger partial charge in [-0.25, -0.2) is 4.68 Å². The molecule has 2 N–H and O–H groups in total. The van der Waals surface area contributed by atoms with Crippen LogP contribution in [0, 0.1) is 6.92 Å². The van der Waals surface area contributed by atoms with Gasteiger partial charge in [-0.1, -0.05) is 23.2 Å². The molecule has 16 heavy (non-hydrogen) atoms. The number of nitrogens with two attached hydrogens (primary N) is 1. The van der Waals surface area contributed by atoms with Crippen LogP contribution in [-0.2, 0) is 6.54 Å². The van der Waals surface area contributed by atoms with Crippen LogP contribution >= 0.6 is 50.5 Å². The second-order valence-electron chi connectivity index (χ2n) is 3.28. The van der Waals surface area contributed by atoms with Gasteiger partial charge in [-0.05, 0) is 28.9 Å². The van der Waals surface area contributed by atoms with Crippen molar-refractivity contribution >= 4 is 56.3 Å². The van der Waals surface area contributed by atoms with Gasteiger partial charge in [-0.15, -0.1) is 11.3 Å². The lowest BCUT2D eigenvalue weighted by Gasteiger charge is -2.00. The zero-order chi connectivity index (χ0) is 11.9. The van der Waals surface area contributed by atoms with Crippen LogP contribution in [0.5, 0.6) is 0 Å². The summed E-state index contributed by atoms with van der Waals surface area (Å²) >= 11 is 16.8. The molecule has 0 unspecified atom stereocenters. The Bertz CT molecular complexity index is 516. The van der Waals surface area contributed by atoms with Crippen molar-refractivity contribution in [3.63, 3.8) is 0 Å². The lowest BCUT2D eigenvalue weighted by atomic mass is 10.4. The molecule has 0 aromatic carbocycles. The smallest absolute Gasteiger partial charge is 0.141 e. The Morgan fingerprint density at radius 3 is 2.69 bits per heavy atom. The predicted molar refractivity (Wildman–Crippen MR) is 72.5 cm³/mol. The molecule has 0 saturated heterocycles. The minimum Gasteiger partial charge on any atom is -0.383 e. The number of nitrogens with zero attached hydrogens (tertiary/aromatic N) is 2. The first-order valence-electron chi connectivity index (χ1n) is 4.41. The molecule has 3 nitrogen and oxygen atoms in total. The Morgan fingerprint density at radius 1 is 1.56 bits per heavy atom. The van der Waals surface area contributed by atoms with Crippen LogP contribution in [0.25, 0.3) is 0 Å². The molecule has 0 saturated carbocycles. The van der Waals surface area contributed by atoms with E-state index in [9.17, 15) is 0 Å². The number of thiophene rings is 1. The van der Waals surface area contributed by atoms with Crippen molar-refractivity contribution in [3.05, 3.63) is 30.5 Å². The van der Waals surface area contributed by atoms with Gasteiger partial charge in [0.25, 0.3) is 0 Å². The van der Waals surface area contributed by atoms with Crippen LogP contribution in [0.4, 0.5) is 5.82 Å². The molecule has 2 heterocycles. The molecule has 2 aromatic heterocycles. The zero-order valence-electron chi connectivity index (χ0n) is 8.30. The third kappa shape index (κ3) is 2.22. The summed E-state index contributed by atoms with van der Waals surface area (Å²) in [5.41, 5.74) is 6.56. The van der Waals surface area contributed by atoms with Crippen molar-refractivity contribution in [3.8, 4) is 0 Å². The molecule has 0 aliphatic carbocycles. The van der Waals surface area contributed by atoms with E-state index in [0.29, 0.717) is 17.4 Å². The van der Waals surface area contributed by atoms with Gasteiger partial charge >= 0.3 is 0 Å². The SMILES string of the molecule is Cc1nn(Cc2cc(Br)c(Cl)s2)c(N)c1Cl. The Morgan fingerprint density at radius 2 is 2.25 bits per heavy atom. The minimum absolute atomic E-state index is 0.486. The van der Waals surface area contributed by atoms with Crippen LogP contribution in [0.2, 0.25) is 9.36 Å². The van der Waals surface area contributed by atoms with Crippen molar-refractivity contribution in [1.29, 1.82) is 0 Å². The van der Waals surface area contributed by atoms with Gasteiger partial charge < -0.3 is 5.73 Å². The van der Waals surface area contributed by atoms with Gasteiger partial charge in [0.2, 0.25) is 0 Å². The highest BCUT2D eigenvalue weighted by Crippen LogP contribution is 2.33. The van der Waals surface area contributed by atoms with Crippen LogP contribution in [0.1, 0.15) is 10.6 Å². The average molecular weight is 341 g/mol. The number of aryl methyl sites for hydroxylation is 1. The lowest BCUT2D eigenvalue weighted by molar-refractivity contribution is 0.697. The highest BCUT2D eigenvalue weighted by molar-refractivity contribution is 9.10. The summed E-state index contributed by atoms with van der Waals surface area (Å²) in [6.07, 6.45) is 0. The Balaban J connectivity index is 2.30. The molecule has 0 fully saturated rings. The number of rotatable bonds is 2.